The third kappa shape index (κ3) is 12.1. The van der Waals surface area contributed by atoms with Crippen molar-refractivity contribution in [2.45, 2.75) is 45.3 Å². The molecule has 2 atom stereocenters. The van der Waals surface area contributed by atoms with E-state index in [4.69, 9.17) is 14.2 Å². The summed E-state index contributed by atoms with van der Waals surface area (Å²) in [5, 5.41) is 2.89. The zero-order chi connectivity index (χ0) is 34.8. The predicted octanol–water partition coefficient (Wildman–Crippen LogP) is 6.87. The number of nitrogens with zero attached hydrogens (tertiary/aromatic N) is 2. The number of benzene rings is 4. The fraction of sp³-hybridized carbons (Fsp3) is 0.325. The Morgan fingerprint density at radius 2 is 1.18 bits per heavy atom. The van der Waals surface area contributed by atoms with Gasteiger partial charge in [0.2, 0.25) is 0 Å². The van der Waals surface area contributed by atoms with Gasteiger partial charge < -0.3 is 24.4 Å². The topological polar surface area (TPSA) is 97.4 Å². The Morgan fingerprint density at radius 1 is 0.653 bits per heavy atom. The molecule has 0 aliphatic heterocycles. The number of esters is 2. The Balaban J connectivity index is 1.49. The van der Waals surface area contributed by atoms with Gasteiger partial charge in [0.25, 0.3) is 0 Å². The predicted molar refractivity (Wildman–Crippen MR) is 190 cm³/mol. The summed E-state index contributed by atoms with van der Waals surface area (Å²) >= 11 is 0. The largest absolute Gasteiger partial charge is 0.469 e. The fourth-order valence-electron chi connectivity index (χ4n) is 5.57. The number of amides is 2. The van der Waals surface area contributed by atoms with Crippen LogP contribution >= 0.6 is 0 Å². The van der Waals surface area contributed by atoms with Gasteiger partial charge in [-0.1, -0.05) is 104 Å². The van der Waals surface area contributed by atoms with Crippen molar-refractivity contribution in [2.75, 3.05) is 33.9 Å². The van der Waals surface area contributed by atoms with Crippen LogP contribution in [-0.4, -0.2) is 67.7 Å². The lowest BCUT2D eigenvalue weighted by molar-refractivity contribution is -0.147. The average Bonchev–Trinajstić information content (AvgIpc) is 3.13. The van der Waals surface area contributed by atoms with Crippen molar-refractivity contribution in [1.29, 1.82) is 0 Å². The van der Waals surface area contributed by atoms with Crippen molar-refractivity contribution < 1.29 is 28.6 Å². The first kappa shape index (κ1) is 36.7. The molecule has 0 aliphatic carbocycles. The first-order valence-electron chi connectivity index (χ1n) is 16.7. The molecule has 4 aromatic carbocycles. The zero-order valence-corrected chi connectivity index (χ0v) is 28.6. The summed E-state index contributed by atoms with van der Waals surface area (Å²) < 4.78 is 16.2. The molecule has 0 aliphatic rings. The Kier molecular flexibility index (Phi) is 14.7. The molecule has 0 bridgehead atoms. The van der Waals surface area contributed by atoms with Crippen LogP contribution in [0.25, 0.3) is 0 Å². The highest BCUT2D eigenvalue weighted by atomic mass is 16.5. The second-order valence-electron chi connectivity index (χ2n) is 11.9. The van der Waals surface area contributed by atoms with Crippen LogP contribution < -0.4 is 10.1 Å². The monoisotopic (exact) mass is 665 g/mol. The van der Waals surface area contributed by atoms with Crippen LogP contribution in [-0.2, 0) is 38.6 Å². The molecule has 0 spiro atoms. The average molecular weight is 666 g/mol. The minimum Gasteiger partial charge on any atom is -0.469 e. The minimum atomic E-state index is -0.938. The van der Waals surface area contributed by atoms with E-state index >= 15 is 0 Å². The first-order valence-corrected chi connectivity index (χ1v) is 16.7. The molecule has 0 aromatic heterocycles. The van der Waals surface area contributed by atoms with Crippen LogP contribution in [0.2, 0.25) is 0 Å². The maximum absolute atomic E-state index is 13.9. The van der Waals surface area contributed by atoms with Gasteiger partial charge in [-0.3, -0.25) is 9.69 Å². The lowest BCUT2D eigenvalue weighted by Gasteiger charge is -2.31. The molecule has 9 heteroatoms. The van der Waals surface area contributed by atoms with E-state index in [1.54, 1.807) is 4.90 Å². The molecule has 0 saturated carbocycles. The van der Waals surface area contributed by atoms with E-state index in [-0.39, 0.29) is 13.0 Å². The number of hydrogen-bond donors (Lipinski definition) is 1. The lowest BCUT2D eigenvalue weighted by atomic mass is 10.1. The summed E-state index contributed by atoms with van der Waals surface area (Å²) in [6, 6.07) is 35.6. The summed E-state index contributed by atoms with van der Waals surface area (Å²) in [5.74, 6) is -0.219. The molecular formula is C40H47N3O6. The van der Waals surface area contributed by atoms with Gasteiger partial charge in [-0.25, -0.2) is 9.59 Å². The van der Waals surface area contributed by atoms with Gasteiger partial charge in [0.15, 0.2) is 0 Å². The number of carbonyl (C=O) groups excluding carboxylic acids is 3. The van der Waals surface area contributed by atoms with Crippen LogP contribution in [0, 0.1) is 5.92 Å². The summed E-state index contributed by atoms with van der Waals surface area (Å²) in [4.78, 5) is 43.8. The molecule has 4 aromatic rings. The molecule has 0 radical (unpaired) electrons. The fourth-order valence-corrected chi connectivity index (χ4v) is 5.57. The van der Waals surface area contributed by atoms with Crippen molar-refractivity contribution in [3.8, 4) is 11.5 Å². The molecule has 0 saturated heterocycles. The van der Waals surface area contributed by atoms with Gasteiger partial charge in [-0.15, -0.1) is 0 Å². The van der Waals surface area contributed by atoms with Crippen molar-refractivity contribution in [2.24, 2.45) is 5.92 Å². The number of unbranched alkanes of at least 4 members (excludes halogenated alkanes) is 1. The van der Waals surface area contributed by atoms with Crippen LogP contribution in [0.4, 0.5) is 4.79 Å². The van der Waals surface area contributed by atoms with Crippen molar-refractivity contribution in [1.82, 2.24) is 15.1 Å². The van der Waals surface area contributed by atoms with Gasteiger partial charge in [0, 0.05) is 39.1 Å². The van der Waals surface area contributed by atoms with E-state index in [1.807, 2.05) is 97.9 Å². The number of carbonyl (C=O) groups is 3. The third-order valence-corrected chi connectivity index (χ3v) is 8.15. The SMILES string of the molecule is CCCCN(C[C@@H](CN(Cc1ccccc1)Cc1ccccc1)C(=O)OC)C(=O)N[C@@H](Cc1ccc(Oc2ccccc2)cc1)C(=O)OC. The van der Waals surface area contributed by atoms with Gasteiger partial charge in [0.1, 0.15) is 17.5 Å². The van der Waals surface area contributed by atoms with E-state index in [9.17, 15) is 14.4 Å². The number of nitrogens with one attached hydrogen (secondary N) is 1. The zero-order valence-electron chi connectivity index (χ0n) is 28.6. The maximum atomic E-state index is 13.9. The summed E-state index contributed by atoms with van der Waals surface area (Å²) in [6.45, 7) is 4.17. The molecule has 0 heterocycles. The van der Waals surface area contributed by atoms with E-state index in [0.717, 1.165) is 35.3 Å². The third-order valence-electron chi connectivity index (χ3n) is 8.15. The summed E-state index contributed by atoms with van der Waals surface area (Å²) in [7, 11) is 2.67. The Labute approximate surface area is 289 Å². The lowest BCUT2D eigenvalue weighted by Crippen LogP contribution is -2.52. The highest BCUT2D eigenvalue weighted by molar-refractivity contribution is 5.84. The van der Waals surface area contributed by atoms with E-state index in [2.05, 4.69) is 34.5 Å². The quantitative estimate of drug-likeness (QED) is 0.116. The van der Waals surface area contributed by atoms with Gasteiger partial charge in [-0.2, -0.15) is 0 Å². The van der Waals surface area contributed by atoms with E-state index < -0.39 is 29.9 Å². The summed E-state index contributed by atoms with van der Waals surface area (Å²) in [6.07, 6.45) is 1.79. The standard InChI is InChI=1S/C40H47N3O6/c1-4-5-25-43(30-34(38(44)47-2)29-42(27-32-15-9-6-10-16-32)28-33-17-11-7-12-18-33)40(46)41-37(39(45)48-3)26-31-21-23-36(24-22-31)49-35-19-13-8-14-20-35/h6-24,34,37H,4-5,25-30H2,1-3H3,(H,41,46)/t34-,37+/m1/s1. The number of urea groups is 1. The van der Waals surface area contributed by atoms with Crippen molar-refractivity contribution in [3.05, 3.63) is 132 Å². The number of para-hydroxylation sites is 1. The number of hydrogen-bond acceptors (Lipinski definition) is 7. The smallest absolute Gasteiger partial charge is 0.328 e. The van der Waals surface area contributed by atoms with Crippen LogP contribution in [0.1, 0.15) is 36.5 Å². The molecule has 0 unspecified atom stereocenters. The molecule has 4 rings (SSSR count). The van der Waals surface area contributed by atoms with Gasteiger partial charge >= 0.3 is 18.0 Å². The maximum Gasteiger partial charge on any atom is 0.328 e. The highest BCUT2D eigenvalue weighted by Crippen LogP contribution is 2.22. The van der Waals surface area contributed by atoms with Crippen LogP contribution in [0.15, 0.2) is 115 Å². The first-order chi connectivity index (χ1) is 23.9. The molecule has 258 valence electrons. The minimum absolute atomic E-state index is 0.123. The molecule has 2 amide bonds. The van der Waals surface area contributed by atoms with Gasteiger partial charge in [0.05, 0.1) is 20.1 Å². The van der Waals surface area contributed by atoms with E-state index in [0.29, 0.717) is 31.9 Å². The molecule has 1 N–H and O–H groups in total. The normalized spacial score (nSPS) is 12.1. The second kappa shape index (κ2) is 19.6. The molecule has 49 heavy (non-hydrogen) atoms. The number of rotatable bonds is 18. The van der Waals surface area contributed by atoms with E-state index in [1.165, 1.54) is 14.2 Å². The van der Waals surface area contributed by atoms with Crippen LogP contribution in [0.5, 0.6) is 11.5 Å². The van der Waals surface area contributed by atoms with Crippen LogP contribution in [0.3, 0.4) is 0 Å². The van der Waals surface area contributed by atoms with Crippen molar-refractivity contribution in [3.63, 3.8) is 0 Å². The highest BCUT2D eigenvalue weighted by Gasteiger charge is 2.30. The number of methoxy groups -OCH3 is 2. The Hall–Kier alpha value is -5.15. The number of ether oxygens (including phenoxy) is 3. The van der Waals surface area contributed by atoms with Crippen molar-refractivity contribution >= 4 is 18.0 Å². The molecule has 0 fully saturated rings. The molecule has 9 nitrogen and oxygen atoms in total. The Bertz CT molecular complexity index is 1530. The second-order valence-corrected chi connectivity index (χ2v) is 11.9. The molecular weight excluding hydrogens is 618 g/mol. The Morgan fingerprint density at radius 3 is 1.71 bits per heavy atom. The van der Waals surface area contributed by atoms with Gasteiger partial charge in [-0.05, 0) is 47.4 Å². The summed E-state index contributed by atoms with van der Waals surface area (Å²) in [5.41, 5.74) is 3.05.